The fourth-order valence-corrected chi connectivity index (χ4v) is 3.34. The fraction of sp³-hybridized carbons (Fsp3) is 0.0526. The molecule has 0 aliphatic carbocycles. The van der Waals surface area contributed by atoms with Crippen LogP contribution in [0.4, 0.5) is 4.39 Å². The molecule has 0 aliphatic heterocycles. The highest BCUT2D eigenvalue weighted by Crippen LogP contribution is 2.20. The molecule has 5 nitrogen and oxygen atoms in total. The molecule has 0 saturated heterocycles. The summed E-state index contributed by atoms with van der Waals surface area (Å²) in [6.45, 7) is 0.451. The monoisotopic (exact) mass is 366 g/mol. The van der Waals surface area contributed by atoms with Crippen molar-refractivity contribution in [3.63, 3.8) is 0 Å². The quantitative estimate of drug-likeness (QED) is 0.584. The van der Waals surface area contributed by atoms with Gasteiger partial charge in [-0.1, -0.05) is 12.1 Å². The summed E-state index contributed by atoms with van der Waals surface area (Å²) < 4.78 is 17.0. The van der Waals surface area contributed by atoms with Crippen LogP contribution < -0.4 is 5.32 Å². The number of thiophene rings is 1. The van der Waals surface area contributed by atoms with E-state index in [-0.39, 0.29) is 11.7 Å². The van der Waals surface area contributed by atoms with Gasteiger partial charge in [0.1, 0.15) is 11.4 Å². The van der Waals surface area contributed by atoms with Crippen LogP contribution in [-0.4, -0.2) is 20.3 Å². The zero-order valence-electron chi connectivity index (χ0n) is 13.7. The number of carbonyl (C=O) groups excluding carboxylic acids is 1. The Bertz CT molecular complexity index is 1020. The van der Waals surface area contributed by atoms with Gasteiger partial charge in [-0.2, -0.15) is 5.10 Å². The Balaban J connectivity index is 1.72. The molecular formula is C19H15FN4OS. The van der Waals surface area contributed by atoms with E-state index in [0.717, 1.165) is 4.88 Å². The molecule has 0 aliphatic rings. The lowest BCUT2D eigenvalue weighted by molar-refractivity contribution is 0.0951. The van der Waals surface area contributed by atoms with Crippen LogP contribution in [-0.2, 0) is 6.54 Å². The maximum atomic E-state index is 13.6. The minimum absolute atomic E-state index is 0.232. The largest absolute Gasteiger partial charge is 0.347 e. The third kappa shape index (κ3) is 3.16. The molecule has 7 heteroatoms. The molecule has 0 fully saturated rings. The summed E-state index contributed by atoms with van der Waals surface area (Å²) in [5.41, 5.74) is 0.966. The second kappa shape index (κ2) is 6.97. The first-order valence-electron chi connectivity index (χ1n) is 8.00. The van der Waals surface area contributed by atoms with E-state index in [0.29, 0.717) is 23.6 Å². The molecule has 0 bridgehead atoms. The van der Waals surface area contributed by atoms with Gasteiger partial charge in [0.2, 0.25) is 0 Å². The van der Waals surface area contributed by atoms with Crippen LogP contribution in [0.5, 0.6) is 0 Å². The average molecular weight is 366 g/mol. The zero-order valence-corrected chi connectivity index (χ0v) is 14.5. The Labute approximate surface area is 153 Å². The summed E-state index contributed by atoms with van der Waals surface area (Å²) >= 11 is 1.58. The lowest BCUT2D eigenvalue weighted by atomic mass is 10.2. The van der Waals surface area contributed by atoms with Crippen molar-refractivity contribution in [3.05, 3.63) is 88.8 Å². The van der Waals surface area contributed by atoms with Gasteiger partial charge in [0.25, 0.3) is 5.91 Å². The van der Waals surface area contributed by atoms with Gasteiger partial charge in [-0.3, -0.25) is 4.79 Å². The van der Waals surface area contributed by atoms with E-state index < -0.39 is 0 Å². The topological polar surface area (TPSA) is 51.9 Å². The number of benzene rings is 1. The lowest BCUT2D eigenvalue weighted by Gasteiger charge is -2.11. The van der Waals surface area contributed by atoms with Gasteiger partial charge in [-0.05, 0) is 41.8 Å². The molecule has 3 aromatic heterocycles. The maximum Gasteiger partial charge on any atom is 0.257 e. The minimum Gasteiger partial charge on any atom is -0.347 e. The summed E-state index contributed by atoms with van der Waals surface area (Å²) in [5.74, 6) is -0.0332. The van der Waals surface area contributed by atoms with Gasteiger partial charge in [0, 0.05) is 17.3 Å². The molecule has 0 saturated carbocycles. The zero-order chi connectivity index (χ0) is 17.9. The summed E-state index contributed by atoms with van der Waals surface area (Å²) in [6.07, 6.45) is 5.15. The summed E-state index contributed by atoms with van der Waals surface area (Å²) in [5, 5.41) is 9.20. The van der Waals surface area contributed by atoms with Crippen molar-refractivity contribution in [3.8, 4) is 11.5 Å². The fourth-order valence-electron chi connectivity index (χ4n) is 2.70. The van der Waals surface area contributed by atoms with Crippen molar-refractivity contribution in [2.45, 2.75) is 6.54 Å². The first-order chi connectivity index (χ1) is 12.7. The second-order valence-electron chi connectivity index (χ2n) is 5.63. The van der Waals surface area contributed by atoms with Crippen LogP contribution in [0.3, 0.4) is 0 Å². The molecule has 130 valence electrons. The van der Waals surface area contributed by atoms with E-state index in [1.54, 1.807) is 32.7 Å². The third-order valence-electron chi connectivity index (χ3n) is 3.89. The van der Waals surface area contributed by atoms with E-state index >= 15 is 0 Å². The number of hydrogen-bond acceptors (Lipinski definition) is 3. The first-order valence-corrected chi connectivity index (χ1v) is 8.88. The number of nitrogens with one attached hydrogen (secondary N) is 1. The predicted molar refractivity (Wildman–Crippen MR) is 98.3 cm³/mol. The standard InChI is InChI=1S/C19H15FN4OS/c20-14-5-3-6-15(11-14)24-19(23-8-1-2-9-23)17(13-22-24)18(25)21-12-16-7-4-10-26-16/h1-11,13H,12H2,(H,21,25). The maximum absolute atomic E-state index is 13.6. The molecule has 0 spiro atoms. The molecular weight excluding hydrogens is 351 g/mol. The van der Waals surface area contributed by atoms with Crippen molar-refractivity contribution in [2.75, 3.05) is 0 Å². The van der Waals surface area contributed by atoms with Crippen LogP contribution in [0.15, 0.2) is 72.5 Å². The number of amides is 1. The molecule has 0 atom stereocenters. The highest BCUT2D eigenvalue weighted by atomic mass is 32.1. The number of halogens is 1. The van der Waals surface area contributed by atoms with E-state index in [2.05, 4.69) is 10.4 Å². The van der Waals surface area contributed by atoms with Gasteiger partial charge in [-0.15, -0.1) is 11.3 Å². The SMILES string of the molecule is O=C(NCc1cccs1)c1cnn(-c2cccc(F)c2)c1-n1cccc1. The molecule has 1 aromatic carbocycles. The number of hydrogen-bond donors (Lipinski definition) is 1. The molecule has 4 rings (SSSR count). The van der Waals surface area contributed by atoms with Gasteiger partial charge >= 0.3 is 0 Å². The predicted octanol–water partition coefficient (Wildman–Crippen LogP) is 3.79. The molecule has 26 heavy (non-hydrogen) atoms. The highest BCUT2D eigenvalue weighted by molar-refractivity contribution is 7.09. The number of rotatable bonds is 5. The van der Waals surface area contributed by atoms with Crippen molar-refractivity contribution in [1.29, 1.82) is 0 Å². The molecule has 0 radical (unpaired) electrons. The van der Waals surface area contributed by atoms with Crippen LogP contribution in [0.25, 0.3) is 11.5 Å². The third-order valence-corrected chi connectivity index (χ3v) is 4.77. The number of nitrogens with zero attached hydrogens (tertiary/aromatic N) is 3. The lowest BCUT2D eigenvalue weighted by Crippen LogP contribution is -2.23. The molecule has 1 N–H and O–H groups in total. The van der Waals surface area contributed by atoms with Gasteiger partial charge in [-0.25, -0.2) is 9.07 Å². The van der Waals surface area contributed by atoms with E-state index in [4.69, 9.17) is 0 Å². The van der Waals surface area contributed by atoms with Gasteiger partial charge in [0.05, 0.1) is 18.4 Å². The van der Waals surface area contributed by atoms with E-state index in [1.807, 2.05) is 42.0 Å². The molecule has 4 aromatic rings. The van der Waals surface area contributed by atoms with Crippen LogP contribution in [0, 0.1) is 5.82 Å². The van der Waals surface area contributed by atoms with Gasteiger partial charge < -0.3 is 9.88 Å². The Morgan fingerprint density at radius 2 is 2.00 bits per heavy atom. The summed E-state index contributed by atoms with van der Waals surface area (Å²) in [6, 6.07) is 13.7. The number of aromatic nitrogens is 3. The van der Waals surface area contributed by atoms with Crippen LogP contribution >= 0.6 is 11.3 Å². The molecule has 3 heterocycles. The summed E-state index contributed by atoms with van der Waals surface area (Å²) in [7, 11) is 0. The van der Waals surface area contributed by atoms with Crippen LogP contribution in [0.1, 0.15) is 15.2 Å². The second-order valence-corrected chi connectivity index (χ2v) is 6.66. The Hall–Kier alpha value is -3.19. The minimum atomic E-state index is -0.361. The molecule has 0 unspecified atom stereocenters. The van der Waals surface area contributed by atoms with Crippen molar-refractivity contribution in [2.24, 2.45) is 0 Å². The van der Waals surface area contributed by atoms with Crippen molar-refractivity contribution >= 4 is 17.2 Å². The number of carbonyl (C=O) groups is 1. The highest BCUT2D eigenvalue weighted by Gasteiger charge is 2.20. The van der Waals surface area contributed by atoms with Crippen molar-refractivity contribution in [1.82, 2.24) is 19.7 Å². The van der Waals surface area contributed by atoms with E-state index in [1.165, 1.54) is 18.3 Å². The van der Waals surface area contributed by atoms with Crippen molar-refractivity contribution < 1.29 is 9.18 Å². The van der Waals surface area contributed by atoms with E-state index in [9.17, 15) is 9.18 Å². The van der Waals surface area contributed by atoms with Crippen LogP contribution in [0.2, 0.25) is 0 Å². The summed E-state index contributed by atoms with van der Waals surface area (Å²) in [4.78, 5) is 13.8. The molecule has 1 amide bonds. The Morgan fingerprint density at radius 3 is 2.73 bits per heavy atom. The normalized spacial score (nSPS) is 10.8. The smallest absolute Gasteiger partial charge is 0.257 e. The Morgan fingerprint density at radius 1 is 1.15 bits per heavy atom. The Kier molecular flexibility index (Phi) is 4.37. The van der Waals surface area contributed by atoms with Gasteiger partial charge in [0.15, 0.2) is 5.82 Å². The first kappa shape index (κ1) is 16.3. The average Bonchev–Trinajstić information content (AvgIpc) is 3.40.